The van der Waals surface area contributed by atoms with Gasteiger partial charge in [0.1, 0.15) is 0 Å². The van der Waals surface area contributed by atoms with Crippen LogP contribution in [0.5, 0.6) is 0 Å². The molecule has 2 saturated heterocycles. The molecule has 2 aromatic heterocycles. The van der Waals surface area contributed by atoms with E-state index in [0.717, 1.165) is 68.5 Å². The minimum absolute atomic E-state index is 0.171. The van der Waals surface area contributed by atoms with E-state index in [-0.39, 0.29) is 5.91 Å². The van der Waals surface area contributed by atoms with Crippen molar-refractivity contribution in [1.29, 1.82) is 0 Å². The second kappa shape index (κ2) is 8.25. The van der Waals surface area contributed by atoms with Gasteiger partial charge in [0, 0.05) is 63.0 Å². The molecule has 0 bridgehead atoms. The fourth-order valence-corrected chi connectivity index (χ4v) is 4.23. The van der Waals surface area contributed by atoms with Gasteiger partial charge in [-0.25, -0.2) is 9.97 Å². The molecule has 2 aliphatic rings. The van der Waals surface area contributed by atoms with Gasteiger partial charge in [0.15, 0.2) is 0 Å². The topological polar surface area (TPSA) is 62.2 Å². The van der Waals surface area contributed by atoms with Crippen LogP contribution >= 0.6 is 0 Å². The molecule has 2 aromatic rings. The molecule has 6 nitrogen and oxygen atoms in total. The molecule has 2 fully saturated rings. The number of piperidine rings is 1. The van der Waals surface area contributed by atoms with Crippen molar-refractivity contribution in [2.24, 2.45) is 0 Å². The van der Waals surface area contributed by atoms with Gasteiger partial charge in [0.25, 0.3) is 0 Å². The number of likely N-dealkylation sites (tertiary alicyclic amines) is 1. The van der Waals surface area contributed by atoms with Gasteiger partial charge in [-0.1, -0.05) is 0 Å². The quantitative estimate of drug-likeness (QED) is 0.817. The average molecular weight is 380 g/mol. The Bertz CT molecular complexity index is 839. The molecule has 0 atom stereocenters. The normalized spacial score (nSPS) is 17.9. The number of carbonyl (C=O) groups excluding carboxylic acids is 1. The summed E-state index contributed by atoms with van der Waals surface area (Å²) >= 11 is 0. The standard InChI is InChI=1S/C22H29N5O/c1-16-5-8-23-19(13-16)14-20-15-21(18-6-11-26(12-7-18)17(2)28)25-22(24-20)27-9-3-4-10-27/h5,8,13,15,18H,3-4,6-7,9-12,14H2,1-2H3. The van der Waals surface area contributed by atoms with Crippen LogP contribution in [0.1, 0.15) is 61.2 Å². The Balaban J connectivity index is 1.60. The Labute approximate surface area is 167 Å². The summed E-state index contributed by atoms with van der Waals surface area (Å²) in [5, 5.41) is 0. The molecule has 0 unspecified atom stereocenters. The number of anilines is 1. The first-order valence-electron chi connectivity index (χ1n) is 10.4. The summed E-state index contributed by atoms with van der Waals surface area (Å²) < 4.78 is 0. The fourth-order valence-electron chi connectivity index (χ4n) is 4.23. The molecular formula is C22H29N5O. The lowest BCUT2D eigenvalue weighted by Crippen LogP contribution is -2.36. The molecular weight excluding hydrogens is 350 g/mol. The number of nitrogens with zero attached hydrogens (tertiary/aromatic N) is 5. The number of hydrogen-bond donors (Lipinski definition) is 0. The third kappa shape index (κ3) is 4.32. The first kappa shape index (κ1) is 18.8. The summed E-state index contributed by atoms with van der Waals surface area (Å²) in [6, 6.07) is 6.31. The summed E-state index contributed by atoms with van der Waals surface area (Å²) in [6.07, 6.45) is 6.95. The van der Waals surface area contributed by atoms with E-state index in [4.69, 9.17) is 9.97 Å². The molecule has 28 heavy (non-hydrogen) atoms. The molecule has 4 rings (SSSR count). The average Bonchev–Trinajstić information content (AvgIpc) is 3.23. The number of pyridine rings is 1. The van der Waals surface area contributed by atoms with Crippen LogP contribution in [0.25, 0.3) is 0 Å². The first-order valence-corrected chi connectivity index (χ1v) is 10.4. The zero-order chi connectivity index (χ0) is 19.5. The van der Waals surface area contributed by atoms with Crippen molar-refractivity contribution in [1.82, 2.24) is 19.9 Å². The van der Waals surface area contributed by atoms with Gasteiger partial charge in [-0.05, 0) is 56.4 Å². The van der Waals surface area contributed by atoms with Crippen molar-refractivity contribution >= 4 is 11.9 Å². The first-order chi connectivity index (χ1) is 13.6. The minimum atomic E-state index is 0.171. The Morgan fingerprint density at radius 2 is 1.82 bits per heavy atom. The lowest BCUT2D eigenvalue weighted by Gasteiger charge is -2.31. The van der Waals surface area contributed by atoms with E-state index in [1.54, 1.807) is 6.92 Å². The van der Waals surface area contributed by atoms with Crippen molar-refractivity contribution in [2.75, 3.05) is 31.1 Å². The van der Waals surface area contributed by atoms with Crippen molar-refractivity contribution in [3.05, 3.63) is 47.0 Å². The second-order valence-electron chi connectivity index (χ2n) is 8.06. The molecule has 0 saturated carbocycles. The highest BCUT2D eigenvalue weighted by Gasteiger charge is 2.25. The van der Waals surface area contributed by atoms with Crippen molar-refractivity contribution in [3.8, 4) is 0 Å². The smallest absolute Gasteiger partial charge is 0.225 e. The fraction of sp³-hybridized carbons (Fsp3) is 0.545. The Kier molecular flexibility index (Phi) is 5.55. The van der Waals surface area contributed by atoms with Gasteiger partial charge in [0.2, 0.25) is 11.9 Å². The predicted molar refractivity (Wildman–Crippen MR) is 109 cm³/mol. The van der Waals surface area contributed by atoms with Crippen LogP contribution in [0.4, 0.5) is 5.95 Å². The van der Waals surface area contributed by atoms with Gasteiger partial charge >= 0.3 is 0 Å². The number of carbonyl (C=O) groups is 1. The van der Waals surface area contributed by atoms with E-state index in [0.29, 0.717) is 5.92 Å². The van der Waals surface area contributed by atoms with Crippen LogP contribution in [0.15, 0.2) is 24.4 Å². The summed E-state index contributed by atoms with van der Waals surface area (Å²) in [5.41, 5.74) is 4.43. The van der Waals surface area contributed by atoms with Crippen LogP contribution in [0.3, 0.4) is 0 Å². The molecule has 1 amide bonds. The third-order valence-electron chi connectivity index (χ3n) is 5.87. The lowest BCUT2D eigenvalue weighted by molar-refractivity contribution is -0.129. The van der Waals surface area contributed by atoms with Gasteiger partial charge in [0.05, 0.1) is 5.69 Å². The zero-order valence-corrected chi connectivity index (χ0v) is 16.9. The third-order valence-corrected chi connectivity index (χ3v) is 5.87. The second-order valence-corrected chi connectivity index (χ2v) is 8.06. The zero-order valence-electron chi connectivity index (χ0n) is 16.9. The molecule has 4 heterocycles. The van der Waals surface area contributed by atoms with E-state index in [1.807, 2.05) is 17.2 Å². The van der Waals surface area contributed by atoms with Crippen LogP contribution in [0.2, 0.25) is 0 Å². The molecule has 0 aromatic carbocycles. The Morgan fingerprint density at radius 1 is 1.07 bits per heavy atom. The van der Waals surface area contributed by atoms with Crippen LogP contribution in [-0.4, -0.2) is 51.9 Å². The highest BCUT2D eigenvalue weighted by atomic mass is 16.2. The van der Waals surface area contributed by atoms with Gasteiger partial charge < -0.3 is 9.80 Å². The molecule has 0 N–H and O–H groups in total. The van der Waals surface area contributed by atoms with Crippen LogP contribution in [0, 0.1) is 6.92 Å². The van der Waals surface area contributed by atoms with Crippen LogP contribution < -0.4 is 4.90 Å². The summed E-state index contributed by atoms with van der Waals surface area (Å²) in [4.78, 5) is 30.3. The van der Waals surface area contributed by atoms with E-state index in [1.165, 1.54) is 18.4 Å². The largest absolute Gasteiger partial charge is 0.343 e. The van der Waals surface area contributed by atoms with Crippen molar-refractivity contribution in [2.45, 2.75) is 51.9 Å². The molecule has 0 spiro atoms. The Hall–Kier alpha value is -2.50. The minimum Gasteiger partial charge on any atom is -0.343 e. The summed E-state index contributed by atoms with van der Waals surface area (Å²) in [5.74, 6) is 1.43. The highest BCUT2D eigenvalue weighted by molar-refractivity contribution is 5.73. The number of aryl methyl sites for hydroxylation is 1. The van der Waals surface area contributed by atoms with Crippen LogP contribution in [-0.2, 0) is 11.2 Å². The van der Waals surface area contributed by atoms with Gasteiger partial charge in [-0.2, -0.15) is 0 Å². The lowest BCUT2D eigenvalue weighted by atomic mass is 9.92. The molecule has 2 aliphatic heterocycles. The van der Waals surface area contributed by atoms with Gasteiger partial charge in [-0.3, -0.25) is 9.78 Å². The van der Waals surface area contributed by atoms with Crippen molar-refractivity contribution < 1.29 is 4.79 Å². The number of hydrogen-bond acceptors (Lipinski definition) is 5. The van der Waals surface area contributed by atoms with Gasteiger partial charge in [-0.15, -0.1) is 0 Å². The number of amides is 1. The molecule has 148 valence electrons. The van der Waals surface area contributed by atoms with E-state index < -0.39 is 0 Å². The monoisotopic (exact) mass is 379 g/mol. The number of rotatable bonds is 4. The highest BCUT2D eigenvalue weighted by Crippen LogP contribution is 2.29. The van der Waals surface area contributed by atoms with E-state index in [9.17, 15) is 4.79 Å². The maximum atomic E-state index is 11.6. The van der Waals surface area contributed by atoms with E-state index >= 15 is 0 Å². The SMILES string of the molecule is CC(=O)N1CCC(c2cc(Cc3cc(C)ccn3)nc(N3CCCC3)n2)CC1. The molecule has 6 heteroatoms. The molecule has 0 radical (unpaired) electrons. The van der Waals surface area contributed by atoms with E-state index in [2.05, 4.69) is 28.9 Å². The predicted octanol–water partition coefficient (Wildman–Crippen LogP) is 3.10. The summed E-state index contributed by atoms with van der Waals surface area (Å²) in [7, 11) is 0. The maximum Gasteiger partial charge on any atom is 0.225 e. The summed E-state index contributed by atoms with van der Waals surface area (Å²) in [6.45, 7) is 7.46. The Morgan fingerprint density at radius 3 is 2.50 bits per heavy atom. The van der Waals surface area contributed by atoms with Crippen molar-refractivity contribution in [3.63, 3.8) is 0 Å². The number of aromatic nitrogens is 3. The molecule has 0 aliphatic carbocycles. The maximum absolute atomic E-state index is 11.6.